The van der Waals surface area contributed by atoms with Crippen LogP contribution in [0.1, 0.15) is 16.7 Å². The Labute approximate surface area is 196 Å². The first-order valence-corrected chi connectivity index (χ1v) is 11.5. The highest BCUT2D eigenvalue weighted by Gasteiger charge is 2.18. The molecule has 3 aromatic carbocycles. The van der Waals surface area contributed by atoms with Crippen LogP contribution in [0.25, 0.3) is 16.6 Å². The number of aryl methyl sites for hydroxylation is 2. The van der Waals surface area contributed by atoms with E-state index in [1.54, 1.807) is 19.2 Å². The van der Waals surface area contributed by atoms with Crippen molar-refractivity contribution in [2.45, 2.75) is 25.9 Å². The molecule has 0 saturated carbocycles. The Kier molecular flexibility index (Phi) is 6.51. The molecule has 0 bridgehead atoms. The SMILES string of the molecule is COc1ccc(C)cc1-n1c(SCC(=O)Nc2cccc(C)c2C)nc2ccccc2c1=O. The van der Waals surface area contributed by atoms with Gasteiger partial charge in [-0.25, -0.2) is 4.98 Å². The van der Waals surface area contributed by atoms with E-state index >= 15 is 0 Å². The predicted octanol–water partition coefficient (Wildman–Crippen LogP) is 5.05. The van der Waals surface area contributed by atoms with Gasteiger partial charge < -0.3 is 10.1 Å². The van der Waals surface area contributed by atoms with Crippen molar-refractivity contribution in [3.8, 4) is 11.4 Å². The summed E-state index contributed by atoms with van der Waals surface area (Å²) < 4.78 is 7.06. The zero-order valence-corrected chi connectivity index (χ0v) is 19.8. The van der Waals surface area contributed by atoms with Gasteiger partial charge in [0.15, 0.2) is 5.16 Å². The maximum atomic E-state index is 13.5. The highest BCUT2D eigenvalue weighted by atomic mass is 32.2. The van der Waals surface area contributed by atoms with E-state index in [-0.39, 0.29) is 17.2 Å². The number of ether oxygens (including phenoxy) is 1. The molecule has 0 aliphatic carbocycles. The van der Waals surface area contributed by atoms with Gasteiger partial charge in [0.05, 0.1) is 29.5 Å². The van der Waals surface area contributed by atoms with Crippen LogP contribution in [0.3, 0.4) is 0 Å². The summed E-state index contributed by atoms with van der Waals surface area (Å²) in [5.41, 5.74) is 4.88. The molecule has 0 spiro atoms. The fourth-order valence-corrected chi connectivity index (χ4v) is 4.40. The minimum absolute atomic E-state index is 0.103. The first kappa shape index (κ1) is 22.6. The lowest BCUT2D eigenvalue weighted by atomic mass is 10.1. The molecule has 0 saturated heterocycles. The topological polar surface area (TPSA) is 73.2 Å². The fourth-order valence-electron chi connectivity index (χ4n) is 3.60. The van der Waals surface area contributed by atoms with Gasteiger partial charge in [0, 0.05) is 5.69 Å². The van der Waals surface area contributed by atoms with Crippen molar-refractivity contribution in [1.82, 2.24) is 9.55 Å². The lowest BCUT2D eigenvalue weighted by Crippen LogP contribution is -2.23. The van der Waals surface area contributed by atoms with Crippen LogP contribution < -0.4 is 15.6 Å². The Morgan fingerprint density at radius 1 is 1.06 bits per heavy atom. The normalized spacial score (nSPS) is 10.9. The van der Waals surface area contributed by atoms with Crippen LogP contribution in [-0.4, -0.2) is 28.3 Å². The lowest BCUT2D eigenvalue weighted by Gasteiger charge is -2.16. The number of hydrogen-bond acceptors (Lipinski definition) is 5. The Balaban J connectivity index is 1.73. The number of fused-ring (bicyclic) bond motifs is 1. The van der Waals surface area contributed by atoms with Crippen molar-refractivity contribution in [3.05, 3.63) is 87.7 Å². The quantitative estimate of drug-likeness (QED) is 0.323. The molecule has 0 aliphatic rings. The zero-order valence-electron chi connectivity index (χ0n) is 19.0. The monoisotopic (exact) mass is 459 g/mol. The van der Waals surface area contributed by atoms with E-state index < -0.39 is 0 Å². The van der Waals surface area contributed by atoms with Crippen LogP contribution in [0.15, 0.2) is 70.6 Å². The van der Waals surface area contributed by atoms with Crippen LogP contribution in [0.5, 0.6) is 5.75 Å². The summed E-state index contributed by atoms with van der Waals surface area (Å²) in [6, 6.07) is 18.6. The van der Waals surface area contributed by atoms with Gasteiger partial charge in [-0.15, -0.1) is 0 Å². The number of amides is 1. The average molecular weight is 460 g/mol. The first-order valence-electron chi connectivity index (χ1n) is 10.5. The molecule has 0 atom stereocenters. The van der Waals surface area contributed by atoms with Gasteiger partial charge >= 0.3 is 0 Å². The summed E-state index contributed by atoms with van der Waals surface area (Å²) in [4.78, 5) is 31.0. The third kappa shape index (κ3) is 4.64. The maximum absolute atomic E-state index is 13.5. The van der Waals surface area contributed by atoms with E-state index in [1.807, 2.05) is 69.3 Å². The smallest absolute Gasteiger partial charge is 0.266 e. The molecule has 1 aromatic heterocycles. The van der Waals surface area contributed by atoms with Gasteiger partial charge in [0.2, 0.25) is 5.91 Å². The summed E-state index contributed by atoms with van der Waals surface area (Å²) in [5, 5.41) is 3.90. The van der Waals surface area contributed by atoms with E-state index in [4.69, 9.17) is 9.72 Å². The average Bonchev–Trinajstić information content (AvgIpc) is 2.81. The third-order valence-electron chi connectivity index (χ3n) is 5.53. The number of anilines is 1. The standard InChI is InChI=1S/C26H25N3O3S/c1-16-12-13-23(32-4)22(14-16)29-25(31)19-9-5-6-10-21(19)28-26(29)33-15-24(30)27-20-11-7-8-17(2)18(20)3/h5-14H,15H2,1-4H3,(H,27,30). The van der Waals surface area contributed by atoms with Crippen molar-refractivity contribution in [2.24, 2.45) is 0 Å². The van der Waals surface area contributed by atoms with Crippen LogP contribution in [0, 0.1) is 20.8 Å². The third-order valence-corrected chi connectivity index (χ3v) is 6.47. The Morgan fingerprint density at radius 3 is 2.64 bits per heavy atom. The summed E-state index contributed by atoms with van der Waals surface area (Å²) in [6.45, 7) is 5.93. The van der Waals surface area contributed by atoms with Crippen LogP contribution in [0.4, 0.5) is 5.69 Å². The number of carbonyl (C=O) groups excluding carboxylic acids is 1. The summed E-state index contributed by atoms with van der Waals surface area (Å²) >= 11 is 1.22. The molecule has 33 heavy (non-hydrogen) atoms. The molecule has 4 aromatic rings. The molecule has 168 valence electrons. The molecule has 0 aliphatic heterocycles. The molecule has 7 heteroatoms. The molecule has 4 rings (SSSR count). The maximum Gasteiger partial charge on any atom is 0.266 e. The number of rotatable bonds is 6. The number of carbonyl (C=O) groups is 1. The van der Waals surface area contributed by atoms with Gasteiger partial charge in [0.25, 0.3) is 5.56 Å². The van der Waals surface area contributed by atoms with Crippen molar-refractivity contribution >= 4 is 34.3 Å². The van der Waals surface area contributed by atoms with E-state index in [0.717, 1.165) is 22.4 Å². The zero-order chi connectivity index (χ0) is 23.5. The van der Waals surface area contributed by atoms with Crippen molar-refractivity contribution in [3.63, 3.8) is 0 Å². The predicted molar refractivity (Wildman–Crippen MR) is 134 cm³/mol. The minimum Gasteiger partial charge on any atom is -0.495 e. The molecule has 1 heterocycles. The van der Waals surface area contributed by atoms with Gasteiger partial charge in [-0.3, -0.25) is 14.2 Å². The number of nitrogens with zero attached hydrogens (tertiary/aromatic N) is 2. The number of para-hydroxylation sites is 1. The Morgan fingerprint density at radius 2 is 1.85 bits per heavy atom. The second kappa shape index (κ2) is 9.50. The number of methoxy groups -OCH3 is 1. The summed E-state index contributed by atoms with van der Waals surface area (Å²) in [7, 11) is 1.57. The Hall–Kier alpha value is -3.58. The highest BCUT2D eigenvalue weighted by Crippen LogP contribution is 2.28. The lowest BCUT2D eigenvalue weighted by molar-refractivity contribution is -0.113. The second-order valence-electron chi connectivity index (χ2n) is 7.81. The molecular weight excluding hydrogens is 434 g/mol. The Bertz CT molecular complexity index is 1410. The van der Waals surface area contributed by atoms with Crippen molar-refractivity contribution in [1.29, 1.82) is 0 Å². The van der Waals surface area contributed by atoms with Gasteiger partial charge in [-0.05, 0) is 67.8 Å². The number of thioether (sulfide) groups is 1. The van der Waals surface area contributed by atoms with Crippen molar-refractivity contribution < 1.29 is 9.53 Å². The number of hydrogen-bond donors (Lipinski definition) is 1. The number of aromatic nitrogens is 2. The van der Waals surface area contributed by atoms with E-state index in [2.05, 4.69) is 5.32 Å². The summed E-state index contributed by atoms with van der Waals surface area (Å²) in [5.74, 6) is 0.493. The van der Waals surface area contributed by atoms with Gasteiger partial charge in [-0.1, -0.05) is 42.1 Å². The van der Waals surface area contributed by atoms with Crippen LogP contribution in [0.2, 0.25) is 0 Å². The molecule has 0 unspecified atom stereocenters. The van der Waals surface area contributed by atoms with Crippen LogP contribution in [-0.2, 0) is 4.79 Å². The highest BCUT2D eigenvalue weighted by molar-refractivity contribution is 7.99. The molecular formula is C26H25N3O3S. The minimum atomic E-state index is -0.207. The summed E-state index contributed by atoms with van der Waals surface area (Å²) in [6.07, 6.45) is 0. The van der Waals surface area contributed by atoms with Gasteiger partial charge in [0.1, 0.15) is 5.75 Å². The van der Waals surface area contributed by atoms with E-state index in [1.165, 1.54) is 16.3 Å². The molecule has 6 nitrogen and oxygen atoms in total. The number of nitrogens with one attached hydrogen (secondary N) is 1. The van der Waals surface area contributed by atoms with E-state index in [0.29, 0.717) is 27.5 Å². The molecule has 0 radical (unpaired) electrons. The van der Waals surface area contributed by atoms with Crippen LogP contribution >= 0.6 is 11.8 Å². The van der Waals surface area contributed by atoms with E-state index in [9.17, 15) is 9.59 Å². The fraction of sp³-hybridized carbons (Fsp3) is 0.192. The first-order chi connectivity index (χ1) is 15.9. The van der Waals surface area contributed by atoms with Gasteiger partial charge in [-0.2, -0.15) is 0 Å². The molecule has 1 amide bonds. The molecule has 1 N–H and O–H groups in total. The van der Waals surface area contributed by atoms with Crippen molar-refractivity contribution in [2.75, 3.05) is 18.2 Å². The molecule has 0 fully saturated rings. The second-order valence-corrected chi connectivity index (χ2v) is 8.75. The largest absolute Gasteiger partial charge is 0.495 e. The number of benzene rings is 3.